The zero-order valence-corrected chi connectivity index (χ0v) is 14.3. The normalized spacial score (nSPS) is 14.6. The molecule has 0 aliphatic rings. The molecule has 0 saturated carbocycles. The molecule has 1 heterocycles. The Morgan fingerprint density at radius 3 is 2.52 bits per heavy atom. The van der Waals surface area contributed by atoms with Crippen molar-refractivity contribution in [3.63, 3.8) is 0 Å². The summed E-state index contributed by atoms with van der Waals surface area (Å²) in [6.45, 7) is 11.3. The van der Waals surface area contributed by atoms with E-state index in [4.69, 9.17) is 21.3 Å². The third kappa shape index (κ3) is 3.34. The van der Waals surface area contributed by atoms with E-state index >= 15 is 0 Å². The molecule has 0 aliphatic heterocycles. The first-order valence-electron chi connectivity index (χ1n) is 7.73. The van der Waals surface area contributed by atoms with Gasteiger partial charge in [0.1, 0.15) is 17.1 Å². The van der Waals surface area contributed by atoms with Crippen LogP contribution in [0, 0.1) is 5.92 Å². The lowest BCUT2D eigenvalue weighted by molar-refractivity contribution is 0.343. The van der Waals surface area contributed by atoms with Crippen LogP contribution in [0.3, 0.4) is 0 Å². The topological polar surface area (TPSA) is 27.1 Å². The van der Waals surface area contributed by atoms with Gasteiger partial charge < -0.3 is 9.30 Å². The van der Waals surface area contributed by atoms with E-state index in [1.807, 2.05) is 26.0 Å². The van der Waals surface area contributed by atoms with Crippen molar-refractivity contribution in [2.75, 3.05) is 6.61 Å². The van der Waals surface area contributed by atoms with Gasteiger partial charge in [-0.05, 0) is 45.2 Å². The van der Waals surface area contributed by atoms with E-state index in [0.29, 0.717) is 18.6 Å². The highest BCUT2D eigenvalue weighted by molar-refractivity contribution is 6.20. The molecule has 4 heteroatoms. The first-order chi connectivity index (χ1) is 9.95. The van der Waals surface area contributed by atoms with Gasteiger partial charge in [0.05, 0.1) is 17.5 Å². The molecule has 0 aliphatic carbocycles. The molecule has 0 fully saturated rings. The zero-order chi connectivity index (χ0) is 15.6. The van der Waals surface area contributed by atoms with Crippen molar-refractivity contribution in [3.8, 4) is 5.75 Å². The highest BCUT2D eigenvalue weighted by Gasteiger charge is 2.21. The maximum Gasteiger partial charge on any atom is 0.147 e. The summed E-state index contributed by atoms with van der Waals surface area (Å²) in [5, 5.41) is -0.124. The summed E-state index contributed by atoms with van der Waals surface area (Å²) in [5.74, 6) is 2.39. The van der Waals surface area contributed by atoms with E-state index in [2.05, 4.69) is 31.4 Å². The third-order valence-corrected chi connectivity index (χ3v) is 3.81. The van der Waals surface area contributed by atoms with Crippen LogP contribution in [0.15, 0.2) is 18.2 Å². The number of hydrogen-bond donors (Lipinski definition) is 0. The SMILES string of the molecule is CCOc1cccc2c1nc(C(C)Cl)n2C(C)CC(C)C. The smallest absolute Gasteiger partial charge is 0.147 e. The molecule has 21 heavy (non-hydrogen) atoms. The Hall–Kier alpha value is -1.22. The molecule has 2 atom stereocenters. The van der Waals surface area contributed by atoms with Crippen LogP contribution < -0.4 is 4.74 Å². The van der Waals surface area contributed by atoms with Gasteiger partial charge in [-0.3, -0.25) is 0 Å². The number of halogens is 1. The van der Waals surface area contributed by atoms with Crippen LogP contribution in [0.2, 0.25) is 0 Å². The number of rotatable bonds is 6. The fourth-order valence-corrected chi connectivity index (χ4v) is 3.07. The molecule has 0 saturated heterocycles. The highest BCUT2D eigenvalue weighted by Crippen LogP contribution is 2.34. The van der Waals surface area contributed by atoms with Gasteiger partial charge in [0.2, 0.25) is 0 Å². The van der Waals surface area contributed by atoms with Crippen molar-refractivity contribution in [1.82, 2.24) is 9.55 Å². The number of alkyl halides is 1. The van der Waals surface area contributed by atoms with Crippen molar-refractivity contribution >= 4 is 22.6 Å². The van der Waals surface area contributed by atoms with Crippen LogP contribution in [0.1, 0.15) is 58.3 Å². The molecule has 116 valence electrons. The van der Waals surface area contributed by atoms with Gasteiger partial charge in [-0.1, -0.05) is 19.9 Å². The molecular formula is C17H25ClN2O. The van der Waals surface area contributed by atoms with E-state index in [0.717, 1.165) is 29.0 Å². The van der Waals surface area contributed by atoms with Crippen LogP contribution in [0.25, 0.3) is 11.0 Å². The Labute approximate surface area is 132 Å². The van der Waals surface area contributed by atoms with Gasteiger partial charge in [0.25, 0.3) is 0 Å². The standard InChI is InChI=1S/C17H25ClN2O/c1-6-21-15-9-7-8-14-16(15)19-17(13(5)18)20(14)12(4)10-11(2)3/h7-9,11-13H,6,10H2,1-5H3. The number of imidazole rings is 1. The Bertz CT molecular complexity index is 604. The number of nitrogens with zero attached hydrogens (tertiary/aromatic N) is 2. The summed E-state index contributed by atoms with van der Waals surface area (Å²) in [5.41, 5.74) is 2.02. The summed E-state index contributed by atoms with van der Waals surface area (Å²) in [4.78, 5) is 4.77. The summed E-state index contributed by atoms with van der Waals surface area (Å²) in [6, 6.07) is 6.46. The average molecular weight is 309 g/mol. The molecule has 0 radical (unpaired) electrons. The molecule has 0 bridgehead atoms. The largest absolute Gasteiger partial charge is 0.492 e. The number of ether oxygens (including phenoxy) is 1. The highest BCUT2D eigenvalue weighted by atomic mass is 35.5. The van der Waals surface area contributed by atoms with Crippen LogP contribution >= 0.6 is 11.6 Å². The van der Waals surface area contributed by atoms with Gasteiger partial charge in [-0.25, -0.2) is 4.98 Å². The third-order valence-electron chi connectivity index (χ3n) is 3.62. The number of fused-ring (bicyclic) bond motifs is 1. The maximum atomic E-state index is 6.37. The quantitative estimate of drug-likeness (QED) is 0.673. The molecule has 0 amide bonds. The summed E-state index contributed by atoms with van der Waals surface area (Å²) < 4.78 is 7.98. The molecule has 2 aromatic rings. The lowest BCUT2D eigenvalue weighted by Gasteiger charge is -2.20. The van der Waals surface area contributed by atoms with E-state index in [1.165, 1.54) is 0 Å². The van der Waals surface area contributed by atoms with E-state index in [-0.39, 0.29) is 5.38 Å². The summed E-state index contributed by atoms with van der Waals surface area (Å²) in [7, 11) is 0. The second-order valence-electron chi connectivity index (χ2n) is 5.99. The minimum Gasteiger partial charge on any atom is -0.492 e. The maximum absolute atomic E-state index is 6.37. The van der Waals surface area contributed by atoms with E-state index in [9.17, 15) is 0 Å². The van der Waals surface area contributed by atoms with Crippen LogP contribution in [0.5, 0.6) is 5.75 Å². The number of benzene rings is 1. The van der Waals surface area contributed by atoms with Crippen LogP contribution in [-0.2, 0) is 0 Å². The van der Waals surface area contributed by atoms with Gasteiger partial charge in [0, 0.05) is 6.04 Å². The van der Waals surface area contributed by atoms with Crippen molar-refractivity contribution in [2.45, 2.75) is 52.5 Å². The second kappa shape index (κ2) is 6.69. The number of aromatic nitrogens is 2. The molecule has 2 rings (SSSR count). The van der Waals surface area contributed by atoms with Crippen LogP contribution in [0.4, 0.5) is 0 Å². The minimum atomic E-state index is -0.124. The van der Waals surface area contributed by atoms with Crippen molar-refractivity contribution in [3.05, 3.63) is 24.0 Å². The molecule has 3 nitrogen and oxygen atoms in total. The minimum absolute atomic E-state index is 0.124. The van der Waals surface area contributed by atoms with Crippen molar-refractivity contribution in [1.29, 1.82) is 0 Å². The first-order valence-corrected chi connectivity index (χ1v) is 8.17. The molecule has 2 unspecified atom stereocenters. The molecular weight excluding hydrogens is 284 g/mol. The lowest BCUT2D eigenvalue weighted by Crippen LogP contribution is -2.12. The summed E-state index contributed by atoms with van der Waals surface area (Å²) in [6.07, 6.45) is 1.10. The number of para-hydroxylation sites is 1. The van der Waals surface area contributed by atoms with Gasteiger partial charge >= 0.3 is 0 Å². The van der Waals surface area contributed by atoms with Gasteiger partial charge in [-0.2, -0.15) is 0 Å². The Kier molecular flexibility index (Phi) is 5.15. The zero-order valence-electron chi connectivity index (χ0n) is 13.6. The van der Waals surface area contributed by atoms with Crippen molar-refractivity contribution in [2.24, 2.45) is 5.92 Å². The molecule has 0 N–H and O–H groups in total. The predicted molar refractivity (Wildman–Crippen MR) is 89.3 cm³/mol. The molecule has 1 aromatic heterocycles. The Morgan fingerprint density at radius 2 is 1.95 bits per heavy atom. The fourth-order valence-electron chi connectivity index (χ4n) is 2.91. The monoisotopic (exact) mass is 308 g/mol. The molecule has 0 spiro atoms. The average Bonchev–Trinajstić information content (AvgIpc) is 2.79. The van der Waals surface area contributed by atoms with Crippen LogP contribution in [-0.4, -0.2) is 16.2 Å². The number of hydrogen-bond acceptors (Lipinski definition) is 2. The Balaban J connectivity index is 2.60. The predicted octanol–water partition coefficient (Wildman–Crippen LogP) is 5.34. The van der Waals surface area contributed by atoms with E-state index in [1.54, 1.807) is 0 Å². The first kappa shape index (κ1) is 16.2. The fraction of sp³-hybridized carbons (Fsp3) is 0.588. The van der Waals surface area contributed by atoms with E-state index < -0.39 is 0 Å². The lowest BCUT2D eigenvalue weighted by atomic mass is 10.0. The Morgan fingerprint density at radius 1 is 1.24 bits per heavy atom. The van der Waals surface area contributed by atoms with Gasteiger partial charge in [-0.15, -0.1) is 11.6 Å². The second-order valence-corrected chi connectivity index (χ2v) is 6.65. The molecule has 1 aromatic carbocycles. The van der Waals surface area contributed by atoms with Crippen molar-refractivity contribution < 1.29 is 4.74 Å². The summed E-state index contributed by atoms with van der Waals surface area (Å²) >= 11 is 6.37. The van der Waals surface area contributed by atoms with Gasteiger partial charge in [0.15, 0.2) is 0 Å².